The van der Waals surface area contributed by atoms with Gasteiger partial charge in [0.25, 0.3) is 0 Å². The van der Waals surface area contributed by atoms with Gasteiger partial charge in [-0.05, 0) is 44.9 Å². The number of hydrogen-bond acceptors (Lipinski definition) is 6. The Morgan fingerprint density at radius 2 is 2.07 bits per heavy atom. The SMILES string of the molecule is CCOC1CC2NCC(C#N)C(NC3CCC(OC)C(Cl)C3)C2CC1NC(C)=O. The van der Waals surface area contributed by atoms with E-state index in [0.29, 0.717) is 13.2 Å². The average molecular weight is 427 g/mol. The van der Waals surface area contributed by atoms with Crippen LogP contribution in [0.2, 0.25) is 0 Å². The van der Waals surface area contributed by atoms with Gasteiger partial charge in [0, 0.05) is 45.3 Å². The number of carbonyl (C=O) groups excluding carboxylic acids is 1. The zero-order chi connectivity index (χ0) is 21.0. The van der Waals surface area contributed by atoms with Gasteiger partial charge in [-0.1, -0.05) is 0 Å². The summed E-state index contributed by atoms with van der Waals surface area (Å²) in [5.41, 5.74) is 0. The van der Waals surface area contributed by atoms with Crippen LogP contribution in [0.15, 0.2) is 0 Å². The summed E-state index contributed by atoms with van der Waals surface area (Å²) < 4.78 is 11.4. The van der Waals surface area contributed by atoms with Crippen molar-refractivity contribution in [3.63, 3.8) is 0 Å². The van der Waals surface area contributed by atoms with Gasteiger partial charge in [-0.3, -0.25) is 4.79 Å². The molecular formula is C21H35ClN4O3. The Kier molecular flexibility index (Phi) is 8.17. The Hall–Kier alpha value is -0.910. The van der Waals surface area contributed by atoms with E-state index in [-0.39, 0.29) is 59.5 Å². The van der Waals surface area contributed by atoms with Crippen molar-refractivity contribution in [2.24, 2.45) is 11.8 Å². The predicted octanol–water partition coefficient (Wildman–Crippen LogP) is 1.55. The largest absolute Gasteiger partial charge is 0.380 e. The molecule has 2 aliphatic carbocycles. The van der Waals surface area contributed by atoms with Crippen molar-refractivity contribution in [3.05, 3.63) is 0 Å². The first-order valence-electron chi connectivity index (χ1n) is 10.9. The van der Waals surface area contributed by atoms with Crippen molar-refractivity contribution < 1.29 is 14.3 Å². The van der Waals surface area contributed by atoms with Gasteiger partial charge in [0.05, 0.1) is 35.6 Å². The van der Waals surface area contributed by atoms with E-state index < -0.39 is 0 Å². The molecule has 0 radical (unpaired) electrons. The minimum absolute atomic E-state index is 0.00120. The third-order valence-electron chi connectivity index (χ3n) is 6.85. The lowest BCUT2D eigenvalue weighted by Crippen LogP contribution is -2.66. The summed E-state index contributed by atoms with van der Waals surface area (Å²) in [5.74, 6) is 0.119. The molecule has 164 valence electrons. The number of amides is 1. The molecular weight excluding hydrogens is 392 g/mol. The topological polar surface area (TPSA) is 95.4 Å². The summed E-state index contributed by atoms with van der Waals surface area (Å²) in [5, 5.41) is 20.2. The monoisotopic (exact) mass is 426 g/mol. The highest BCUT2D eigenvalue weighted by Crippen LogP contribution is 2.36. The number of hydrogen-bond donors (Lipinski definition) is 3. The number of carbonyl (C=O) groups is 1. The summed E-state index contributed by atoms with van der Waals surface area (Å²) in [7, 11) is 1.72. The van der Waals surface area contributed by atoms with Crippen LogP contribution in [0.1, 0.15) is 46.0 Å². The number of nitriles is 1. The first kappa shape index (κ1) is 22.8. The molecule has 29 heavy (non-hydrogen) atoms. The zero-order valence-electron chi connectivity index (χ0n) is 17.7. The van der Waals surface area contributed by atoms with E-state index in [1.165, 1.54) is 0 Å². The molecule has 8 heteroatoms. The normalized spacial score (nSPS) is 42.5. The molecule has 1 aliphatic heterocycles. The zero-order valence-corrected chi connectivity index (χ0v) is 18.5. The van der Waals surface area contributed by atoms with Crippen LogP contribution in [0.4, 0.5) is 0 Å². The fourth-order valence-electron chi connectivity index (χ4n) is 5.49. The third-order valence-corrected chi connectivity index (χ3v) is 7.31. The van der Waals surface area contributed by atoms with Crippen LogP contribution in [-0.2, 0) is 14.3 Å². The molecule has 3 N–H and O–H groups in total. The van der Waals surface area contributed by atoms with Crippen LogP contribution >= 0.6 is 11.6 Å². The van der Waals surface area contributed by atoms with Crippen LogP contribution in [0.25, 0.3) is 0 Å². The van der Waals surface area contributed by atoms with Crippen molar-refractivity contribution in [2.75, 3.05) is 20.3 Å². The smallest absolute Gasteiger partial charge is 0.217 e. The number of nitrogens with zero attached hydrogens (tertiary/aromatic N) is 1. The van der Waals surface area contributed by atoms with Crippen LogP contribution in [0, 0.1) is 23.2 Å². The van der Waals surface area contributed by atoms with Crippen molar-refractivity contribution in [1.29, 1.82) is 5.26 Å². The highest BCUT2D eigenvalue weighted by molar-refractivity contribution is 6.21. The lowest BCUT2D eigenvalue weighted by Gasteiger charge is -2.50. The summed E-state index contributed by atoms with van der Waals surface area (Å²) in [6, 6.07) is 3.12. The number of nitrogens with one attached hydrogen (secondary N) is 3. The molecule has 1 heterocycles. The standard InChI is InChI=1S/C21H35ClN4O3/c1-4-29-20-9-17-15(8-18(20)25-12(2)27)21(13(10-23)11-24-17)26-14-5-6-19(28-3)16(22)7-14/h13-21,24,26H,4-9,11H2,1-3H3,(H,25,27). The van der Waals surface area contributed by atoms with Gasteiger partial charge in [-0.15, -0.1) is 11.6 Å². The van der Waals surface area contributed by atoms with Crippen molar-refractivity contribution in [2.45, 2.75) is 87.7 Å². The third kappa shape index (κ3) is 5.42. The maximum atomic E-state index is 11.8. The molecule has 0 bridgehead atoms. The summed E-state index contributed by atoms with van der Waals surface area (Å²) in [4.78, 5) is 11.8. The molecule has 3 rings (SSSR count). The minimum atomic E-state index is -0.105. The molecule has 7 nitrogen and oxygen atoms in total. The highest BCUT2D eigenvalue weighted by Gasteiger charge is 2.47. The molecule has 3 fully saturated rings. The van der Waals surface area contributed by atoms with Gasteiger partial charge < -0.3 is 25.4 Å². The van der Waals surface area contributed by atoms with Crippen LogP contribution in [-0.4, -0.2) is 67.9 Å². The van der Waals surface area contributed by atoms with E-state index in [2.05, 4.69) is 22.0 Å². The quantitative estimate of drug-likeness (QED) is 0.558. The van der Waals surface area contributed by atoms with Crippen LogP contribution in [0.3, 0.4) is 0 Å². The lowest BCUT2D eigenvalue weighted by molar-refractivity contribution is -0.122. The van der Waals surface area contributed by atoms with Gasteiger partial charge in [-0.25, -0.2) is 0 Å². The van der Waals surface area contributed by atoms with Crippen molar-refractivity contribution in [1.82, 2.24) is 16.0 Å². The summed E-state index contributed by atoms with van der Waals surface area (Å²) in [6.07, 6.45) is 4.52. The number of alkyl halides is 1. The number of halogens is 1. The van der Waals surface area contributed by atoms with Gasteiger partial charge in [0.15, 0.2) is 0 Å². The number of ether oxygens (including phenoxy) is 2. The van der Waals surface area contributed by atoms with Crippen LogP contribution in [0.5, 0.6) is 0 Å². The predicted molar refractivity (Wildman–Crippen MR) is 112 cm³/mol. The number of rotatable bonds is 6. The van der Waals surface area contributed by atoms with Gasteiger partial charge in [0.2, 0.25) is 5.91 Å². The molecule has 3 aliphatic rings. The molecule has 1 amide bonds. The van der Waals surface area contributed by atoms with Crippen molar-refractivity contribution >= 4 is 17.5 Å². The number of fused-ring (bicyclic) bond motifs is 1. The van der Waals surface area contributed by atoms with E-state index in [1.807, 2.05) is 6.92 Å². The maximum absolute atomic E-state index is 11.8. The second-order valence-electron chi connectivity index (χ2n) is 8.68. The van der Waals surface area contributed by atoms with Crippen LogP contribution < -0.4 is 16.0 Å². The Bertz CT molecular complexity index is 601. The Morgan fingerprint density at radius 1 is 1.28 bits per heavy atom. The molecule has 2 saturated carbocycles. The van der Waals surface area contributed by atoms with Gasteiger partial charge in [0.1, 0.15) is 0 Å². The number of methoxy groups -OCH3 is 1. The summed E-state index contributed by atoms with van der Waals surface area (Å²) >= 11 is 6.53. The Morgan fingerprint density at radius 3 is 2.69 bits per heavy atom. The second-order valence-corrected chi connectivity index (χ2v) is 9.24. The molecule has 0 aromatic rings. The minimum Gasteiger partial charge on any atom is -0.380 e. The van der Waals surface area contributed by atoms with Crippen molar-refractivity contribution in [3.8, 4) is 6.07 Å². The van der Waals surface area contributed by atoms with Gasteiger partial charge >= 0.3 is 0 Å². The lowest BCUT2D eigenvalue weighted by atomic mass is 9.69. The number of piperidine rings is 1. The molecule has 0 spiro atoms. The fraction of sp³-hybridized carbons (Fsp3) is 0.905. The maximum Gasteiger partial charge on any atom is 0.217 e. The van der Waals surface area contributed by atoms with E-state index in [1.54, 1.807) is 14.0 Å². The second kappa shape index (κ2) is 10.4. The fourth-order valence-corrected chi connectivity index (χ4v) is 5.93. The first-order valence-corrected chi connectivity index (χ1v) is 11.3. The first-order chi connectivity index (χ1) is 14.0. The Labute approximate surface area is 179 Å². The average Bonchev–Trinajstić information content (AvgIpc) is 2.69. The molecule has 0 aromatic heterocycles. The highest BCUT2D eigenvalue weighted by atomic mass is 35.5. The summed E-state index contributed by atoms with van der Waals surface area (Å²) in [6.45, 7) is 4.84. The Balaban J connectivity index is 1.72. The van der Waals surface area contributed by atoms with E-state index in [0.717, 1.165) is 32.1 Å². The van der Waals surface area contributed by atoms with E-state index in [9.17, 15) is 10.1 Å². The van der Waals surface area contributed by atoms with E-state index >= 15 is 0 Å². The molecule has 9 unspecified atom stereocenters. The van der Waals surface area contributed by atoms with E-state index in [4.69, 9.17) is 21.1 Å². The molecule has 0 aromatic carbocycles. The molecule has 9 atom stereocenters. The van der Waals surface area contributed by atoms with Gasteiger partial charge in [-0.2, -0.15) is 5.26 Å². The molecule has 1 saturated heterocycles.